The molecule has 2 N–H and O–H groups in total. The Kier molecular flexibility index (Phi) is 6.20. The van der Waals surface area contributed by atoms with Gasteiger partial charge in [-0.25, -0.2) is 13.2 Å². The van der Waals surface area contributed by atoms with Crippen molar-refractivity contribution in [2.45, 2.75) is 19.6 Å². The second-order valence-electron chi connectivity index (χ2n) is 7.00. The summed E-state index contributed by atoms with van der Waals surface area (Å²) < 4.78 is 54.7. The number of ether oxygens (including phenoxy) is 1. The molecule has 0 amide bonds. The van der Waals surface area contributed by atoms with Gasteiger partial charge in [0.15, 0.2) is 10.9 Å². The number of aromatic nitrogens is 1. The van der Waals surface area contributed by atoms with E-state index in [0.717, 1.165) is 6.07 Å². The fourth-order valence-corrected chi connectivity index (χ4v) is 3.63. The Hall–Kier alpha value is -3.30. The number of furan rings is 1. The lowest BCUT2D eigenvalue weighted by molar-refractivity contribution is -0.110. The molecule has 2 aromatic heterocycles. The predicted molar refractivity (Wildman–Crippen MR) is 116 cm³/mol. The van der Waals surface area contributed by atoms with Crippen molar-refractivity contribution < 1.29 is 27.1 Å². The Morgan fingerprint density at radius 3 is 2.62 bits per heavy atom. The summed E-state index contributed by atoms with van der Waals surface area (Å²) in [6, 6.07) is 7.99. The average Bonchev–Trinajstić information content (AvgIpc) is 3.25. The largest absolute Gasteiger partial charge is 0.488 e. The fraction of sp³-hybridized carbons (Fsp3) is 0.130. The van der Waals surface area contributed by atoms with Crippen molar-refractivity contribution in [1.29, 1.82) is 0 Å². The third-order valence-electron chi connectivity index (χ3n) is 4.94. The monoisotopic (exact) mass is 458 g/mol. The van der Waals surface area contributed by atoms with E-state index in [2.05, 4.69) is 17.6 Å². The van der Waals surface area contributed by atoms with E-state index in [1.807, 2.05) is 0 Å². The molecular weight excluding hydrogens is 441 g/mol. The van der Waals surface area contributed by atoms with Crippen LogP contribution in [0.1, 0.15) is 16.8 Å². The number of carbonyl (C=O) groups is 1. The quantitative estimate of drug-likeness (QED) is 0.383. The summed E-state index contributed by atoms with van der Waals surface area (Å²) in [5.41, 5.74) is 6.65. The summed E-state index contributed by atoms with van der Waals surface area (Å²) in [6.07, 6.45) is 2.56. The minimum absolute atomic E-state index is 0.0664. The normalized spacial score (nSPS) is 11.2. The fourth-order valence-electron chi connectivity index (χ4n) is 3.45. The van der Waals surface area contributed by atoms with Crippen molar-refractivity contribution in [1.82, 2.24) is 4.98 Å². The Bertz CT molecular complexity index is 1320. The zero-order valence-electron chi connectivity index (χ0n) is 16.6. The molecule has 0 saturated heterocycles. The van der Waals surface area contributed by atoms with Gasteiger partial charge in [-0.15, -0.1) is 12.6 Å². The summed E-state index contributed by atoms with van der Waals surface area (Å²) in [5, 5.41) is -0.325. The van der Waals surface area contributed by atoms with Crippen LogP contribution in [0.2, 0.25) is 0 Å². The van der Waals surface area contributed by atoms with Crippen LogP contribution in [-0.2, 0) is 24.4 Å². The Balaban J connectivity index is 1.76. The zero-order chi connectivity index (χ0) is 22.8. The predicted octanol–water partition coefficient (Wildman–Crippen LogP) is 4.95. The van der Waals surface area contributed by atoms with Crippen LogP contribution >= 0.6 is 12.6 Å². The molecule has 0 unspecified atom stereocenters. The van der Waals surface area contributed by atoms with E-state index in [4.69, 9.17) is 14.9 Å². The maximum absolute atomic E-state index is 15.1. The number of pyridine rings is 1. The third-order valence-corrected chi connectivity index (χ3v) is 5.10. The van der Waals surface area contributed by atoms with Gasteiger partial charge in [-0.2, -0.15) is 0 Å². The van der Waals surface area contributed by atoms with Crippen LogP contribution in [0.5, 0.6) is 5.75 Å². The molecule has 0 spiro atoms. The molecule has 0 fully saturated rings. The molecule has 0 aliphatic rings. The number of benzene rings is 2. The lowest BCUT2D eigenvalue weighted by Gasteiger charge is -2.14. The van der Waals surface area contributed by atoms with Gasteiger partial charge in [0, 0.05) is 41.4 Å². The number of nitrogens with two attached hydrogens (primary N) is 1. The maximum atomic E-state index is 15.1. The van der Waals surface area contributed by atoms with Crippen molar-refractivity contribution in [3.05, 3.63) is 83.1 Å². The number of hydrogen-bond acceptors (Lipinski definition) is 5. The van der Waals surface area contributed by atoms with Gasteiger partial charge in [-0.05, 0) is 36.4 Å². The molecule has 0 aliphatic carbocycles. The molecule has 2 heterocycles. The second-order valence-corrected chi connectivity index (χ2v) is 7.49. The number of fused-ring (bicyclic) bond motifs is 1. The number of nitrogens with zero attached hydrogens (tertiary/aromatic N) is 1. The number of thiol groups is 1. The number of halogens is 3. The summed E-state index contributed by atoms with van der Waals surface area (Å²) in [7, 11) is 0. The van der Waals surface area contributed by atoms with Crippen LogP contribution in [0.25, 0.3) is 22.1 Å². The molecule has 2 aromatic carbocycles. The van der Waals surface area contributed by atoms with Gasteiger partial charge in [0.05, 0.1) is 17.3 Å². The molecular formula is C23H17F3N2O3S. The number of rotatable bonds is 7. The SMILES string of the molecule is NCc1nccc(-c2cc(COc3ccc(F)cc3CC(=O)S)c(F)c3ccoc23)c1F. The van der Waals surface area contributed by atoms with Crippen LogP contribution in [0, 0.1) is 17.5 Å². The van der Waals surface area contributed by atoms with Gasteiger partial charge >= 0.3 is 0 Å². The van der Waals surface area contributed by atoms with Crippen LogP contribution < -0.4 is 10.5 Å². The van der Waals surface area contributed by atoms with Crippen LogP contribution in [-0.4, -0.2) is 10.1 Å². The highest BCUT2D eigenvalue weighted by Crippen LogP contribution is 2.35. The van der Waals surface area contributed by atoms with Crippen LogP contribution in [0.4, 0.5) is 13.2 Å². The van der Waals surface area contributed by atoms with Gasteiger partial charge in [-0.1, -0.05) is 0 Å². The minimum atomic E-state index is -0.626. The minimum Gasteiger partial charge on any atom is -0.488 e. The van der Waals surface area contributed by atoms with E-state index >= 15 is 4.39 Å². The molecule has 0 saturated carbocycles. The molecule has 32 heavy (non-hydrogen) atoms. The Labute approximate surface area is 186 Å². The molecule has 4 rings (SSSR count). The van der Waals surface area contributed by atoms with Crippen molar-refractivity contribution in [3.63, 3.8) is 0 Å². The van der Waals surface area contributed by atoms with Gasteiger partial charge < -0.3 is 14.9 Å². The van der Waals surface area contributed by atoms with Crippen molar-refractivity contribution in [3.8, 4) is 16.9 Å². The number of hydrogen-bond donors (Lipinski definition) is 2. The molecule has 164 valence electrons. The highest BCUT2D eigenvalue weighted by Gasteiger charge is 2.20. The molecule has 5 nitrogen and oxygen atoms in total. The van der Waals surface area contributed by atoms with E-state index in [-0.39, 0.29) is 58.7 Å². The molecule has 4 aromatic rings. The summed E-state index contributed by atoms with van der Waals surface area (Å²) in [5.74, 6) is -1.55. The topological polar surface area (TPSA) is 78.4 Å². The van der Waals surface area contributed by atoms with E-state index in [1.165, 1.54) is 42.8 Å². The molecule has 0 atom stereocenters. The third kappa shape index (κ3) is 4.21. The maximum Gasteiger partial charge on any atom is 0.190 e. The highest BCUT2D eigenvalue weighted by atomic mass is 32.1. The first-order chi connectivity index (χ1) is 15.4. The summed E-state index contributed by atoms with van der Waals surface area (Å²) in [6.45, 7) is -0.356. The zero-order valence-corrected chi connectivity index (χ0v) is 17.5. The van der Waals surface area contributed by atoms with Gasteiger partial charge in [-0.3, -0.25) is 9.78 Å². The van der Waals surface area contributed by atoms with E-state index in [9.17, 15) is 13.6 Å². The van der Waals surface area contributed by atoms with E-state index in [1.54, 1.807) is 0 Å². The highest BCUT2D eigenvalue weighted by molar-refractivity contribution is 7.96. The van der Waals surface area contributed by atoms with Crippen LogP contribution in [0.3, 0.4) is 0 Å². The lowest BCUT2D eigenvalue weighted by Crippen LogP contribution is -2.06. The van der Waals surface area contributed by atoms with E-state index < -0.39 is 22.6 Å². The van der Waals surface area contributed by atoms with Gasteiger partial charge in [0.25, 0.3) is 0 Å². The van der Waals surface area contributed by atoms with Gasteiger partial charge in [0.2, 0.25) is 0 Å². The molecule has 0 radical (unpaired) electrons. The molecule has 0 aliphatic heterocycles. The van der Waals surface area contributed by atoms with E-state index in [0.29, 0.717) is 5.56 Å². The van der Waals surface area contributed by atoms with Gasteiger partial charge in [0.1, 0.15) is 29.6 Å². The Morgan fingerprint density at radius 1 is 1.06 bits per heavy atom. The smallest absolute Gasteiger partial charge is 0.190 e. The first kappa shape index (κ1) is 21.9. The van der Waals surface area contributed by atoms with Crippen molar-refractivity contribution in [2.75, 3.05) is 0 Å². The summed E-state index contributed by atoms with van der Waals surface area (Å²) >= 11 is 3.72. The lowest BCUT2D eigenvalue weighted by atomic mass is 9.99. The van der Waals surface area contributed by atoms with Crippen LogP contribution in [0.15, 0.2) is 53.3 Å². The molecule has 9 heteroatoms. The average molecular weight is 458 g/mol. The standard InChI is InChI=1S/C23H17F3N2O3S/c24-14-1-2-19(12(7-14)9-20(29)32)31-11-13-8-17(23-16(21(13)25)4-6-30-23)15-3-5-28-18(10-27)22(15)26/h1-8H,9-11,27H2,(H,29,32). The first-order valence-corrected chi connectivity index (χ1v) is 9.99. The van der Waals surface area contributed by atoms with Crippen molar-refractivity contribution in [2.24, 2.45) is 5.73 Å². The Morgan fingerprint density at radius 2 is 1.88 bits per heavy atom. The summed E-state index contributed by atoms with van der Waals surface area (Å²) in [4.78, 5) is 15.3. The van der Waals surface area contributed by atoms with Crippen molar-refractivity contribution >= 4 is 28.7 Å². The number of carbonyl (C=O) groups excluding carboxylic acids is 1. The second kappa shape index (κ2) is 9.05. The first-order valence-electron chi connectivity index (χ1n) is 9.54. The molecule has 0 bridgehead atoms.